The van der Waals surface area contributed by atoms with Gasteiger partial charge < -0.3 is 15.5 Å². The van der Waals surface area contributed by atoms with Gasteiger partial charge in [-0.15, -0.1) is 0 Å². The van der Waals surface area contributed by atoms with Gasteiger partial charge in [0.15, 0.2) is 5.96 Å². The molecule has 142 valence electrons. The SMILES string of the molecule is CCNC(=NCC1(c2cccc(Cl)c2)CC1)NC1CCN(C2CC2)CC1. The van der Waals surface area contributed by atoms with Crippen LogP contribution in [0.15, 0.2) is 29.3 Å². The average Bonchev–Trinajstić information content (AvgIpc) is 3.55. The van der Waals surface area contributed by atoms with Crippen LogP contribution in [-0.4, -0.2) is 49.1 Å². The van der Waals surface area contributed by atoms with E-state index >= 15 is 0 Å². The number of piperidine rings is 1. The molecule has 4 nitrogen and oxygen atoms in total. The zero-order valence-electron chi connectivity index (χ0n) is 15.8. The summed E-state index contributed by atoms with van der Waals surface area (Å²) in [4.78, 5) is 7.62. The van der Waals surface area contributed by atoms with E-state index < -0.39 is 0 Å². The molecule has 0 amide bonds. The summed E-state index contributed by atoms with van der Waals surface area (Å²) >= 11 is 6.19. The summed E-state index contributed by atoms with van der Waals surface area (Å²) < 4.78 is 0. The van der Waals surface area contributed by atoms with Gasteiger partial charge in [-0.25, -0.2) is 0 Å². The summed E-state index contributed by atoms with van der Waals surface area (Å²) in [5, 5.41) is 7.95. The minimum Gasteiger partial charge on any atom is -0.357 e. The first-order valence-corrected chi connectivity index (χ1v) is 10.6. The van der Waals surface area contributed by atoms with E-state index in [9.17, 15) is 0 Å². The van der Waals surface area contributed by atoms with E-state index in [0.29, 0.717) is 6.04 Å². The Hall–Kier alpha value is -1.26. The second kappa shape index (κ2) is 7.77. The standard InChI is InChI=1S/C21H31ClN4/c1-2-23-20(25-18-8-12-26(13-9-18)19-6-7-19)24-15-21(10-11-21)16-4-3-5-17(22)14-16/h3-5,14,18-19H,2,6-13,15H2,1H3,(H2,23,24,25). The van der Waals surface area contributed by atoms with Crippen molar-refractivity contribution in [3.63, 3.8) is 0 Å². The van der Waals surface area contributed by atoms with Gasteiger partial charge in [-0.2, -0.15) is 0 Å². The molecule has 3 aliphatic rings. The number of nitrogens with one attached hydrogen (secondary N) is 2. The lowest BCUT2D eigenvalue weighted by atomic mass is 9.96. The predicted molar refractivity (Wildman–Crippen MR) is 109 cm³/mol. The van der Waals surface area contributed by atoms with Gasteiger partial charge in [0.1, 0.15) is 0 Å². The summed E-state index contributed by atoms with van der Waals surface area (Å²) in [5.74, 6) is 0.977. The highest BCUT2D eigenvalue weighted by molar-refractivity contribution is 6.30. The van der Waals surface area contributed by atoms with Gasteiger partial charge in [-0.05, 0) is 63.1 Å². The van der Waals surface area contributed by atoms with Gasteiger partial charge in [0.2, 0.25) is 0 Å². The second-order valence-corrected chi connectivity index (χ2v) is 8.61. The van der Waals surface area contributed by atoms with Crippen LogP contribution in [0, 0.1) is 0 Å². The van der Waals surface area contributed by atoms with Crippen molar-refractivity contribution in [3.8, 4) is 0 Å². The molecule has 3 fully saturated rings. The zero-order chi connectivity index (χ0) is 18.0. The number of guanidine groups is 1. The Morgan fingerprint density at radius 2 is 2.00 bits per heavy atom. The van der Waals surface area contributed by atoms with Crippen LogP contribution in [0.25, 0.3) is 0 Å². The molecule has 2 aliphatic carbocycles. The summed E-state index contributed by atoms with van der Waals surface area (Å²) in [6.45, 7) is 6.33. The number of rotatable bonds is 6. The number of aliphatic imine (C=N–C) groups is 1. The maximum absolute atomic E-state index is 6.19. The third-order valence-electron chi connectivity index (χ3n) is 6.11. The summed E-state index contributed by atoms with van der Waals surface area (Å²) in [5.41, 5.74) is 1.53. The molecule has 1 heterocycles. The largest absolute Gasteiger partial charge is 0.357 e. The molecule has 0 radical (unpaired) electrons. The molecule has 2 saturated carbocycles. The summed E-state index contributed by atoms with van der Waals surface area (Å²) in [6, 6.07) is 9.75. The van der Waals surface area contributed by atoms with Gasteiger partial charge in [0.25, 0.3) is 0 Å². The van der Waals surface area contributed by atoms with Crippen molar-refractivity contribution in [2.45, 2.75) is 62.9 Å². The topological polar surface area (TPSA) is 39.7 Å². The van der Waals surface area contributed by atoms with E-state index in [1.807, 2.05) is 6.07 Å². The van der Waals surface area contributed by atoms with Crippen LogP contribution >= 0.6 is 11.6 Å². The minimum absolute atomic E-state index is 0.197. The van der Waals surface area contributed by atoms with Crippen LogP contribution in [0.1, 0.15) is 51.0 Å². The monoisotopic (exact) mass is 374 g/mol. The fourth-order valence-electron chi connectivity index (χ4n) is 4.10. The first-order valence-electron chi connectivity index (χ1n) is 10.2. The molecule has 0 spiro atoms. The third-order valence-corrected chi connectivity index (χ3v) is 6.34. The van der Waals surface area contributed by atoms with E-state index in [0.717, 1.165) is 30.1 Å². The maximum atomic E-state index is 6.19. The lowest BCUT2D eigenvalue weighted by Gasteiger charge is -2.33. The molecule has 1 aliphatic heterocycles. The van der Waals surface area contributed by atoms with E-state index in [2.05, 4.69) is 40.7 Å². The lowest BCUT2D eigenvalue weighted by Crippen LogP contribution is -2.49. The predicted octanol–water partition coefficient (Wildman–Crippen LogP) is 3.55. The molecular formula is C21H31ClN4. The smallest absolute Gasteiger partial charge is 0.191 e. The van der Waals surface area contributed by atoms with Crippen molar-refractivity contribution in [1.29, 1.82) is 0 Å². The van der Waals surface area contributed by atoms with Crippen molar-refractivity contribution in [2.75, 3.05) is 26.2 Å². The molecule has 0 bridgehead atoms. The molecule has 2 N–H and O–H groups in total. The van der Waals surface area contributed by atoms with E-state index in [1.165, 1.54) is 57.2 Å². The number of benzene rings is 1. The van der Waals surface area contributed by atoms with Gasteiger partial charge in [0.05, 0.1) is 6.54 Å². The first kappa shape index (κ1) is 18.1. The van der Waals surface area contributed by atoms with Crippen molar-refractivity contribution < 1.29 is 0 Å². The second-order valence-electron chi connectivity index (χ2n) is 8.17. The third kappa shape index (κ3) is 4.34. The Balaban J connectivity index is 1.35. The fourth-order valence-corrected chi connectivity index (χ4v) is 4.29. The van der Waals surface area contributed by atoms with Crippen LogP contribution in [-0.2, 0) is 5.41 Å². The van der Waals surface area contributed by atoms with E-state index in [-0.39, 0.29) is 5.41 Å². The van der Waals surface area contributed by atoms with Crippen LogP contribution in [0.5, 0.6) is 0 Å². The zero-order valence-corrected chi connectivity index (χ0v) is 16.6. The van der Waals surface area contributed by atoms with Gasteiger partial charge >= 0.3 is 0 Å². The summed E-state index contributed by atoms with van der Waals surface area (Å²) in [7, 11) is 0. The van der Waals surface area contributed by atoms with E-state index in [4.69, 9.17) is 16.6 Å². The number of hydrogen-bond acceptors (Lipinski definition) is 2. The molecule has 26 heavy (non-hydrogen) atoms. The highest BCUT2D eigenvalue weighted by Crippen LogP contribution is 2.48. The maximum Gasteiger partial charge on any atom is 0.191 e. The molecule has 1 saturated heterocycles. The lowest BCUT2D eigenvalue weighted by molar-refractivity contribution is 0.197. The van der Waals surface area contributed by atoms with Crippen molar-refractivity contribution in [1.82, 2.24) is 15.5 Å². The molecule has 0 aromatic heterocycles. The Kier molecular flexibility index (Phi) is 5.42. The molecule has 5 heteroatoms. The molecule has 1 aromatic rings. The average molecular weight is 375 g/mol. The Morgan fingerprint density at radius 1 is 1.23 bits per heavy atom. The Labute approximate surface area is 162 Å². The number of nitrogens with zero attached hydrogens (tertiary/aromatic N) is 2. The number of hydrogen-bond donors (Lipinski definition) is 2. The molecule has 0 atom stereocenters. The molecule has 0 unspecified atom stereocenters. The van der Waals surface area contributed by atoms with Crippen molar-refractivity contribution >= 4 is 17.6 Å². The van der Waals surface area contributed by atoms with Crippen LogP contribution in [0.4, 0.5) is 0 Å². The van der Waals surface area contributed by atoms with Crippen molar-refractivity contribution in [3.05, 3.63) is 34.9 Å². The van der Waals surface area contributed by atoms with Crippen LogP contribution < -0.4 is 10.6 Å². The normalized spacial score (nSPS) is 23.7. The van der Waals surface area contributed by atoms with Gasteiger partial charge in [0, 0.05) is 42.2 Å². The number of halogens is 1. The number of likely N-dealkylation sites (tertiary alicyclic amines) is 1. The summed E-state index contributed by atoms with van der Waals surface area (Å²) in [6.07, 6.45) is 7.67. The van der Waals surface area contributed by atoms with Crippen molar-refractivity contribution in [2.24, 2.45) is 4.99 Å². The molecule has 1 aromatic carbocycles. The fraction of sp³-hybridized carbons (Fsp3) is 0.667. The highest BCUT2D eigenvalue weighted by Gasteiger charge is 2.44. The molecule has 4 rings (SSSR count). The minimum atomic E-state index is 0.197. The Bertz CT molecular complexity index is 643. The van der Waals surface area contributed by atoms with E-state index in [1.54, 1.807) is 0 Å². The quantitative estimate of drug-likeness (QED) is 0.590. The molecular weight excluding hydrogens is 344 g/mol. The van der Waals surface area contributed by atoms with Crippen LogP contribution in [0.2, 0.25) is 5.02 Å². The first-order chi connectivity index (χ1) is 12.7. The highest BCUT2D eigenvalue weighted by atomic mass is 35.5. The van der Waals surface area contributed by atoms with Gasteiger partial charge in [-0.1, -0.05) is 23.7 Å². The van der Waals surface area contributed by atoms with Gasteiger partial charge in [-0.3, -0.25) is 4.99 Å². The Morgan fingerprint density at radius 3 is 2.62 bits per heavy atom. The van der Waals surface area contributed by atoms with Crippen LogP contribution in [0.3, 0.4) is 0 Å².